The molecule has 0 amide bonds. The van der Waals surface area contributed by atoms with Gasteiger partial charge in [-0.1, -0.05) is 37.6 Å². The summed E-state index contributed by atoms with van der Waals surface area (Å²) in [6.07, 6.45) is 1.70. The fourth-order valence-corrected chi connectivity index (χ4v) is 3.08. The molecule has 0 saturated heterocycles. The normalized spacial score (nSPS) is 11.3. The van der Waals surface area contributed by atoms with E-state index in [0.29, 0.717) is 11.1 Å². The van der Waals surface area contributed by atoms with Crippen LogP contribution in [-0.2, 0) is 19.3 Å². The first kappa shape index (κ1) is 16.4. The van der Waals surface area contributed by atoms with Crippen molar-refractivity contribution >= 4 is 23.4 Å². The Labute approximate surface area is 136 Å². The minimum atomic E-state index is 0.677. The molecule has 2 aromatic rings. The SMILES string of the molecule is CC(C)CNCc1cccc(SCc2ncc(Cl)n2C)c1. The molecule has 0 aliphatic carbocycles. The second-order valence-corrected chi connectivity index (χ2v) is 6.95. The second kappa shape index (κ2) is 7.87. The number of benzene rings is 1. The van der Waals surface area contributed by atoms with E-state index in [-0.39, 0.29) is 0 Å². The van der Waals surface area contributed by atoms with Gasteiger partial charge < -0.3 is 9.88 Å². The zero-order chi connectivity index (χ0) is 15.2. The van der Waals surface area contributed by atoms with Crippen LogP contribution in [0.5, 0.6) is 0 Å². The van der Waals surface area contributed by atoms with Crippen LogP contribution < -0.4 is 5.32 Å². The molecule has 1 N–H and O–H groups in total. The van der Waals surface area contributed by atoms with Gasteiger partial charge in [-0.05, 0) is 30.2 Å². The first-order chi connectivity index (χ1) is 10.1. The highest BCUT2D eigenvalue weighted by Crippen LogP contribution is 2.24. The molecular formula is C16H22ClN3S. The number of imidazole rings is 1. The van der Waals surface area contributed by atoms with Crippen molar-refractivity contribution in [2.45, 2.75) is 31.0 Å². The minimum Gasteiger partial charge on any atom is -0.322 e. The van der Waals surface area contributed by atoms with Crippen molar-refractivity contribution < 1.29 is 0 Å². The average Bonchev–Trinajstić information content (AvgIpc) is 2.77. The van der Waals surface area contributed by atoms with E-state index in [0.717, 1.165) is 24.7 Å². The van der Waals surface area contributed by atoms with Crippen LogP contribution in [-0.4, -0.2) is 16.1 Å². The van der Waals surface area contributed by atoms with Gasteiger partial charge in [-0.15, -0.1) is 11.8 Å². The quantitative estimate of drug-likeness (QED) is 0.778. The summed E-state index contributed by atoms with van der Waals surface area (Å²) < 4.78 is 1.92. The lowest BCUT2D eigenvalue weighted by molar-refractivity contribution is 0.552. The number of hydrogen-bond acceptors (Lipinski definition) is 3. The van der Waals surface area contributed by atoms with Crippen molar-refractivity contribution in [1.29, 1.82) is 0 Å². The summed E-state index contributed by atoms with van der Waals surface area (Å²) in [6, 6.07) is 8.65. The molecule has 0 bridgehead atoms. The highest BCUT2D eigenvalue weighted by Gasteiger charge is 2.05. The molecule has 0 radical (unpaired) electrons. The Hall–Kier alpha value is -0.970. The first-order valence-corrected chi connectivity index (χ1v) is 8.51. The Balaban J connectivity index is 1.90. The van der Waals surface area contributed by atoms with Gasteiger partial charge in [0, 0.05) is 18.5 Å². The van der Waals surface area contributed by atoms with E-state index in [1.54, 1.807) is 18.0 Å². The van der Waals surface area contributed by atoms with Crippen molar-refractivity contribution in [2.24, 2.45) is 13.0 Å². The number of hydrogen-bond donors (Lipinski definition) is 1. The van der Waals surface area contributed by atoms with Gasteiger partial charge in [0.05, 0.1) is 11.9 Å². The van der Waals surface area contributed by atoms with Crippen molar-refractivity contribution in [3.05, 3.63) is 47.0 Å². The smallest absolute Gasteiger partial charge is 0.128 e. The van der Waals surface area contributed by atoms with Crippen molar-refractivity contribution in [2.75, 3.05) is 6.54 Å². The van der Waals surface area contributed by atoms with Gasteiger partial charge >= 0.3 is 0 Å². The summed E-state index contributed by atoms with van der Waals surface area (Å²) >= 11 is 7.79. The maximum Gasteiger partial charge on any atom is 0.128 e. The zero-order valence-electron chi connectivity index (χ0n) is 12.8. The highest BCUT2D eigenvalue weighted by molar-refractivity contribution is 7.98. The van der Waals surface area contributed by atoms with Gasteiger partial charge in [-0.3, -0.25) is 0 Å². The molecule has 0 fully saturated rings. The summed E-state index contributed by atoms with van der Waals surface area (Å²) in [4.78, 5) is 5.58. The van der Waals surface area contributed by atoms with E-state index in [4.69, 9.17) is 11.6 Å². The molecule has 2 rings (SSSR count). The highest BCUT2D eigenvalue weighted by atomic mass is 35.5. The fourth-order valence-electron chi connectivity index (χ4n) is 1.96. The maximum absolute atomic E-state index is 6.00. The molecule has 0 aliphatic rings. The molecule has 0 unspecified atom stereocenters. The average molecular weight is 324 g/mol. The summed E-state index contributed by atoms with van der Waals surface area (Å²) in [5, 5.41) is 4.15. The number of rotatable bonds is 7. The number of nitrogens with zero attached hydrogens (tertiary/aromatic N) is 2. The minimum absolute atomic E-state index is 0.677. The fraction of sp³-hybridized carbons (Fsp3) is 0.438. The lowest BCUT2D eigenvalue weighted by Gasteiger charge is -2.09. The molecule has 1 heterocycles. The maximum atomic E-state index is 6.00. The molecule has 0 spiro atoms. The van der Waals surface area contributed by atoms with Gasteiger partial charge in [0.25, 0.3) is 0 Å². The Kier molecular flexibility index (Phi) is 6.15. The van der Waals surface area contributed by atoms with E-state index in [2.05, 4.69) is 48.4 Å². The van der Waals surface area contributed by atoms with Crippen LogP contribution in [0.15, 0.2) is 35.4 Å². The summed E-state index contributed by atoms with van der Waals surface area (Å²) in [7, 11) is 1.94. The Morgan fingerprint density at radius 2 is 2.19 bits per heavy atom. The van der Waals surface area contributed by atoms with Gasteiger partial charge in [0.15, 0.2) is 0 Å². The summed E-state index contributed by atoms with van der Waals surface area (Å²) in [5.74, 6) is 2.50. The molecule has 114 valence electrons. The second-order valence-electron chi connectivity index (χ2n) is 5.52. The number of aromatic nitrogens is 2. The zero-order valence-corrected chi connectivity index (χ0v) is 14.3. The topological polar surface area (TPSA) is 29.9 Å². The molecule has 3 nitrogen and oxygen atoms in total. The standard InChI is InChI=1S/C16H22ClN3S/c1-12(2)8-18-9-13-5-4-6-14(7-13)21-11-16-19-10-15(17)20(16)3/h4-7,10,12,18H,8-9,11H2,1-3H3. The van der Waals surface area contributed by atoms with Crippen molar-refractivity contribution in [3.8, 4) is 0 Å². The van der Waals surface area contributed by atoms with Crippen LogP contribution >= 0.6 is 23.4 Å². The van der Waals surface area contributed by atoms with E-state index < -0.39 is 0 Å². The largest absolute Gasteiger partial charge is 0.322 e. The molecule has 5 heteroatoms. The molecule has 1 aromatic heterocycles. The van der Waals surface area contributed by atoms with Gasteiger partial charge in [-0.2, -0.15) is 0 Å². The Morgan fingerprint density at radius 3 is 2.86 bits per heavy atom. The number of halogens is 1. The molecule has 0 atom stereocenters. The van der Waals surface area contributed by atoms with Crippen molar-refractivity contribution in [3.63, 3.8) is 0 Å². The lowest BCUT2D eigenvalue weighted by atomic mass is 10.2. The summed E-state index contributed by atoms with van der Waals surface area (Å²) in [6.45, 7) is 6.40. The first-order valence-electron chi connectivity index (χ1n) is 7.15. The number of thioether (sulfide) groups is 1. The van der Waals surface area contributed by atoms with Crippen LogP contribution in [0.4, 0.5) is 0 Å². The van der Waals surface area contributed by atoms with Crippen molar-refractivity contribution in [1.82, 2.24) is 14.9 Å². The van der Waals surface area contributed by atoms with Gasteiger partial charge in [0.1, 0.15) is 11.0 Å². The summed E-state index contributed by atoms with van der Waals surface area (Å²) in [5.41, 5.74) is 1.32. The van der Waals surface area contributed by atoms with Crippen LogP contribution in [0.3, 0.4) is 0 Å². The van der Waals surface area contributed by atoms with E-state index in [1.807, 2.05) is 11.6 Å². The van der Waals surface area contributed by atoms with Crippen LogP contribution in [0.2, 0.25) is 5.15 Å². The number of nitrogens with one attached hydrogen (secondary N) is 1. The molecule has 0 aliphatic heterocycles. The van der Waals surface area contributed by atoms with E-state index in [1.165, 1.54) is 10.5 Å². The molecular weight excluding hydrogens is 302 g/mol. The predicted molar refractivity (Wildman–Crippen MR) is 90.8 cm³/mol. The van der Waals surface area contributed by atoms with Gasteiger partial charge in [-0.25, -0.2) is 4.98 Å². The van der Waals surface area contributed by atoms with E-state index in [9.17, 15) is 0 Å². The lowest BCUT2D eigenvalue weighted by Crippen LogP contribution is -2.18. The van der Waals surface area contributed by atoms with Crippen LogP contribution in [0.25, 0.3) is 0 Å². The Bertz CT molecular complexity index is 581. The molecule has 1 aromatic carbocycles. The van der Waals surface area contributed by atoms with Crippen LogP contribution in [0.1, 0.15) is 25.2 Å². The van der Waals surface area contributed by atoms with E-state index >= 15 is 0 Å². The van der Waals surface area contributed by atoms with Gasteiger partial charge in [0.2, 0.25) is 0 Å². The van der Waals surface area contributed by atoms with Crippen LogP contribution in [0, 0.1) is 5.92 Å². The predicted octanol–water partition coefficient (Wildman–Crippen LogP) is 4.11. The molecule has 21 heavy (non-hydrogen) atoms. The third kappa shape index (κ3) is 5.06. The Morgan fingerprint density at radius 1 is 1.38 bits per heavy atom. The molecule has 0 saturated carbocycles. The third-order valence-electron chi connectivity index (χ3n) is 3.18. The monoisotopic (exact) mass is 323 g/mol. The third-order valence-corrected chi connectivity index (χ3v) is 4.52.